The highest BCUT2D eigenvalue weighted by atomic mass is 16.3. The van der Waals surface area contributed by atoms with Crippen LogP contribution in [-0.2, 0) is 5.41 Å². The van der Waals surface area contributed by atoms with Crippen LogP contribution in [0.2, 0.25) is 0 Å². The second-order valence-electron chi connectivity index (χ2n) is 5.22. The highest BCUT2D eigenvalue weighted by Gasteiger charge is 2.45. The Balaban J connectivity index is 2.17. The van der Waals surface area contributed by atoms with Gasteiger partial charge in [-0.1, -0.05) is 24.3 Å². The van der Waals surface area contributed by atoms with E-state index in [1.54, 1.807) is 37.3 Å². The predicted octanol–water partition coefficient (Wildman–Crippen LogP) is 3.32. The first-order valence-corrected chi connectivity index (χ1v) is 6.26. The van der Waals surface area contributed by atoms with E-state index in [9.17, 15) is 9.59 Å². The summed E-state index contributed by atoms with van der Waals surface area (Å²) >= 11 is 0. The van der Waals surface area contributed by atoms with Gasteiger partial charge in [-0.05, 0) is 26.0 Å². The second-order valence-corrected chi connectivity index (χ2v) is 5.22. The maximum absolute atomic E-state index is 12.7. The van der Waals surface area contributed by atoms with Crippen molar-refractivity contribution in [3.63, 3.8) is 0 Å². The van der Waals surface area contributed by atoms with Crippen molar-refractivity contribution in [2.24, 2.45) is 0 Å². The summed E-state index contributed by atoms with van der Waals surface area (Å²) in [7, 11) is 0. The first-order chi connectivity index (χ1) is 9.02. The molecule has 0 saturated heterocycles. The molecule has 1 atom stereocenters. The number of carbonyl (C=O) groups excluding carboxylic acids is 2. The molecule has 1 aromatic carbocycles. The third-order valence-corrected chi connectivity index (χ3v) is 3.77. The summed E-state index contributed by atoms with van der Waals surface area (Å²) in [6.45, 7) is 3.61. The third kappa shape index (κ3) is 1.65. The SMILES string of the molecule is Cc1ccc(C2(C)CC(=O)c3ccccc3C2=O)o1. The Morgan fingerprint density at radius 1 is 1.05 bits per heavy atom. The van der Waals surface area contributed by atoms with Crippen LogP contribution < -0.4 is 0 Å². The smallest absolute Gasteiger partial charge is 0.177 e. The lowest BCUT2D eigenvalue weighted by molar-refractivity contribution is 0.0778. The van der Waals surface area contributed by atoms with Crippen molar-refractivity contribution in [2.45, 2.75) is 25.7 Å². The van der Waals surface area contributed by atoms with Gasteiger partial charge in [0.05, 0.1) is 5.41 Å². The summed E-state index contributed by atoms with van der Waals surface area (Å²) in [6.07, 6.45) is 0.163. The molecule has 1 aromatic heterocycles. The van der Waals surface area contributed by atoms with Gasteiger partial charge in [-0.15, -0.1) is 0 Å². The molecule has 3 rings (SSSR count). The van der Waals surface area contributed by atoms with E-state index < -0.39 is 5.41 Å². The summed E-state index contributed by atoms with van der Waals surface area (Å²) in [4.78, 5) is 24.9. The number of ketones is 2. The Labute approximate surface area is 111 Å². The van der Waals surface area contributed by atoms with Crippen molar-refractivity contribution in [3.8, 4) is 0 Å². The van der Waals surface area contributed by atoms with Crippen molar-refractivity contribution in [3.05, 3.63) is 59.0 Å². The zero-order valence-corrected chi connectivity index (χ0v) is 10.9. The first kappa shape index (κ1) is 11.9. The molecule has 1 unspecified atom stereocenters. The lowest BCUT2D eigenvalue weighted by Crippen LogP contribution is -2.39. The number of hydrogen-bond acceptors (Lipinski definition) is 3. The van der Waals surface area contributed by atoms with Gasteiger partial charge in [-0.2, -0.15) is 0 Å². The van der Waals surface area contributed by atoms with E-state index in [-0.39, 0.29) is 18.0 Å². The average Bonchev–Trinajstić information content (AvgIpc) is 2.84. The highest BCUT2D eigenvalue weighted by molar-refractivity contribution is 6.18. The highest BCUT2D eigenvalue weighted by Crippen LogP contribution is 2.38. The quantitative estimate of drug-likeness (QED) is 0.784. The molecule has 0 radical (unpaired) electrons. The number of carbonyl (C=O) groups is 2. The van der Waals surface area contributed by atoms with Gasteiger partial charge >= 0.3 is 0 Å². The fourth-order valence-corrected chi connectivity index (χ4v) is 2.65. The largest absolute Gasteiger partial charge is 0.465 e. The molecule has 19 heavy (non-hydrogen) atoms. The molecule has 0 bridgehead atoms. The van der Waals surface area contributed by atoms with Gasteiger partial charge in [0.1, 0.15) is 11.5 Å². The zero-order valence-electron chi connectivity index (χ0n) is 10.9. The van der Waals surface area contributed by atoms with Crippen molar-refractivity contribution in [1.82, 2.24) is 0 Å². The maximum Gasteiger partial charge on any atom is 0.177 e. The molecule has 2 aromatic rings. The molecular formula is C16H14O3. The van der Waals surface area contributed by atoms with Crippen LogP contribution in [0.5, 0.6) is 0 Å². The third-order valence-electron chi connectivity index (χ3n) is 3.77. The molecule has 0 spiro atoms. The van der Waals surface area contributed by atoms with E-state index in [1.807, 2.05) is 13.0 Å². The van der Waals surface area contributed by atoms with Crippen LogP contribution in [0.15, 0.2) is 40.8 Å². The van der Waals surface area contributed by atoms with Gasteiger partial charge in [0.2, 0.25) is 0 Å². The molecule has 0 fully saturated rings. The number of hydrogen-bond donors (Lipinski definition) is 0. The molecule has 0 N–H and O–H groups in total. The normalized spacial score (nSPS) is 22.4. The van der Waals surface area contributed by atoms with E-state index >= 15 is 0 Å². The fraction of sp³-hybridized carbons (Fsp3) is 0.250. The molecule has 0 aliphatic heterocycles. The summed E-state index contributed by atoms with van der Waals surface area (Å²) in [5, 5.41) is 0. The lowest BCUT2D eigenvalue weighted by atomic mass is 9.70. The standard InChI is InChI=1S/C16H14O3/c1-10-7-8-14(19-10)16(2)9-13(17)11-5-3-4-6-12(11)15(16)18/h3-8H,9H2,1-2H3. The van der Waals surface area contributed by atoms with Crippen molar-refractivity contribution in [2.75, 3.05) is 0 Å². The van der Waals surface area contributed by atoms with Gasteiger partial charge < -0.3 is 4.42 Å². The van der Waals surface area contributed by atoms with Gasteiger partial charge in [0.25, 0.3) is 0 Å². The van der Waals surface area contributed by atoms with E-state index in [0.717, 1.165) is 5.76 Å². The van der Waals surface area contributed by atoms with Crippen LogP contribution >= 0.6 is 0 Å². The van der Waals surface area contributed by atoms with Crippen LogP contribution in [0.1, 0.15) is 45.6 Å². The molecule has 0 saturated carbocycles. The Bertz CT molecular complexity index is 681. The topological polar surface area (TPSA) is 47.3 Å². The Morgan fingerprint density at radius 2 is 1.74 bits per heavy atom. The summed E-state index contributed by atoms with van der Waals surface area (Å²) in [5.74, 6) is 1.26. The van der Waals surface area contributed by atoms with E-state index in [0.29, 0.717) is 16.9 Å². The number of Topliss-reactive ketones (excluding diaryl/α,β-unsaturated/α-hetero) is 2. The zero-order chi connectivity index (χ0) is 13.6. The van der Waals surface area contributed by atoms with Crippen LogP contribution in [-0.4, -0.2) is 11.6 Å². The minimum absolute atomic E-state index is 0.00764. The van der Waals surface area contributed by atoms with Crippen molar-refractivity contribution in [1.29, 1.82) is 0 Å². The number of benzene rings is 1. The average molecular weight is 254 g/mol. The molecule has 1 aliphatic rings. The minimum atomic E-state index is -0.889. The minimum Gasteiger partial charge on any atom is -0.465 e. The molecule has 3 nitrogen and oxygen atoms in total. The monoisotopic (exact) mass is 254 g/mol. The number of furan rings is 1. The van der Waals surface area contributed by atoms with Crippen LogP contribution in [0, 0.1) is 6.92 Å². The second kappa shape index (κ2) is 3.92. The van der Waals surface area contributed by atoms with E-state index in [4.69, 9.17) is 4.42 Å². The van der Waals surface area contributed by atoms with Crippen LogP contribution in [0.3, 0.4) is 0 Å². The molecule has 96 valence electrons. The summed E-state index contributed by atoms with van der Waals surface area (Å²) in [5.41, 5.74) is 0.128. The number of fused-ring (bicyclic) bond motifs is 1. The lowest BCUT2D eigenvalue weighted by Gasteiger charge is -2.30. The molecule has 1 heterocycles. The molecular weight excluding hydrogens is 240 g/mol. The Hall–Kier alpha value is -2.16. The number of rotatable bonds is 1. The summed E-state index contributed by atoms with van der Waals surface area (Å²) < 4.78 is 5.59. The Kier molecular flexibility index (Phi) is 2.45. The number of aryl methyl sites for hydroxylation is 1. The first-order valence-electron chi connectivity index (χ1n) is 6.26. The van der Waals surface area contributed by atoms with Gasteiger partial charge in [-0.3, -0.25) is 9.59 Å². The van der Waals surface area contributed by atoms with E-state index in [1.165, 1.54) is 0 Å². The Morgan fingerprint density at radius 3 is 2.37 bits per heavy atom. The van der Waals surface area contributed by atoms with Crippen LogP contribution in [0.25, 0.3) is 0 Å². The molecule has 3 heteroatoms. The van der Waals surface area contributed by atoms with Crippen molar-refractivity contribution < 1.29 is 14.0 Å². The van der Waals surface area contributed by atoms with Gasteiger partial charge in [0.15, 0.2) is 11.6 Å². The van der Waals surface area contributed by atoms with Crippen LogP contribution in [0.4, 0.5) is 0 Å². The maximum atomic E-state index is 12.7. The molecule has 1 aliphatic carbocycles. The fourth-order valence-electron chi connectivity index (χ4n) is 2.65. The van der Waals surface area contributed by atoms with E-state index in [2.05, 4.69) is 0 Å². The van der Waals surface area contributed by atoms with Gasteiger partial charge in [-0.25, -0.2) is 0 Å². The summed E-state index contributed by atoms with van der Waals surface area (Å²) in [6, 6.07) is 10.6. The van der Waals surface area contributed by atoms with Crippen molar-refractivity contribution >= 4 is 11.6 Å². The van der Waals surface area contributed by atoms with Gasteiger partial charge in [0, 0.05) is 17.5 Å². The molecule has 0 amide bonds. The predicted molar refractivity (Wildman–Crippen MR) is 70.5 cm³/mol.